The first-order chi connectivity index (χ1) is 19.8. The Balaban J connectivity index is 1.44. The van der Waals surface area contributed by atoms with Gasteiger partial charge in [0.25, 0.3) is 0 Å². The molecule has 2 atom stereocenters. The Bertz CT molecular complexity index is 1270. The Morgan fingerprint density at radius 1 is 0.905 bits per heavy atom. The fourth-order valence-electron chi connectivity index (χ4n) is 6.39. The number of nitrogens with one attached hydrogen (secondary N) is 1. The van der Waals surface area contributed by atoms with E-state index in [9.17, 15) is 35.9 Å². The number of carbonyl (C=O) groups is 2. The lowest BCUT2D eigenvalue weighted by atomic mass is 9.77. The minimum atomic E-state index is -4.96. The Labute approximate surface area is 241 Å². The van der Waals surface area contributed by atoms with Crippen LogP contribution in [0.5, 0.6) is 0 Å². The lowest BCUT2D eigenvalue weighted by Crippen LogP contribution is -2.51. The van der Waals surface area contributed by atoms with Crippen molar-refractivity contribution in [1.29, 1.82) is 0 Å². The minimum absolute atomic E-state index is 0.0728. The maximum Gasteiger partial charge on any atom is 0.416 e. The smallest absolute Gasteiger partial charge is 0.342 e. The summed E-state index contributed by atoms with van der Waals surface area (Å²) in [7, 11) is 0. The number of nitrogens with zero attached hydrogens (tertiary/aromatic N) is 2. The number of halogens is 6. The molecule has 2 heterocycles. The molecular formula is C31H35F6N3O2. The molecule has 42 heavy (non-hydrogen) atoms. The fourth-order valence-corrected chi connectivity index (χ4v) is 6.39. The molecule has 11 heteroatoms. The van der Waals surface area contributed by atoms with Crippen molar-refractivity contribution in [3.8, 4) is 0 Å². The molecule has 2 amide bonds. The quantitative estimate of drug-likeness (QED) is 0.408. The van der Waals surface area contributed by atoms with Crippen molar-refractivity contribution in [3.05, 3.63) is 70.3 Å². The van der Waals surface area contributed by atoms with Crippen LogP contribution in [0.25, 0.3) is 0 Å². The lowest BCUT2D eigenvalue weighted by Gasteiger charge is -2.42. The SMILES string of the molecule is Cc1ccccc1C1CN(C(=O)C2CCNCC2)CCC1C(=O)N(Cc1cc(C(F)(F)F)cc(C(F)(F)F)c1)C1CC1. The first-order valence-electron chi connectivity index (χ1n) is 14.5. The molecule has 0 spiro atoms. The van der Waals surface area contributed by atoms with Crippen LogP contribution in [0.4, 0.5) is 26.3 Å². The number of hydrogen-bond acceptors (Lipinski definition) is 3. The van der Waals surface area contributed by atoms with Gasteiger partial charge >= 0.3 is 12.4 Å². The lowest BCUT2D eigenvalue weighted by molar-refractivity contribution is -0.145. The highest BCUT2D eigenvalue weighted by molar-refractivity contribution is 5.83. The molecule has 2 saturated heterocycles. The van der Waals surface area contributed by atoms with Crippen molar-refractivity contribution >= 4 is 11.8 Å². The van der Waals surface area contributed by atoms with E-state index in [0.29, 0.717) is 44.5 Å². The van der Waals surface area contributed by atoms with E-state index < -0.39 is 29.4 Å². The van der Waals surface area contributed by atoms with Gasteiger partial charge in [0.05, 0.1) is 11.1 Å². The van der Waals surface area contributed by atoms with Crippen molar-refractivity contribution in [2.45, 2.75) is 69.9 Å². The number of piperidine rings is 2. The van der Waals surface area contributed by atoms with Gasteiger partial charge in [-0.05, 0) is 87.0 Å². The van der Waals surface area contributed by atoms with Gasteiger partial charge in [0, 0.05) is 43.4 Å². The van der Waals surface area contributed by atoms with Crippen LogP contribution in [0.3, 0.4) is 0 Å². The average Bonchev–Trinajstić information content (AvgIpc) is 3.80. The molecule has 3 aliphatic rings. The van der Waals surface area contributed by atoms with E-state index in [1.165, 1.54) is 4.90 Å². The van der Waals surface area contributed by atoms with Gasteiger partial charge in [-0.2, -0.15) is 26.3 Å². The number of carbonyl (C=O) groups excluding carboxylic acids is 2. The van der Waals surface area contributed by atoms with Crippen molar-refractivity contribution in [3.63, 3.8) is 0 Å². The Kier molecular flexibility index (Phi) is 8.60. The minimum Gasteiger partial charge on any atom is -0.342 e. The predicted molar refractivity (Wildman–Crippen MR) is 144 cm³/mol. The molecule has 2 aromatic carbocycles. The summed E-state index contributed by atoms with van der Waals surface area (Å²) in [5.41, 5.74) is -1.10. The number of likely N-dealkylation sites (tertiary alicyclic amines) is 1. The molecule has 0 bridgehead atoms. The standard InChI is InChI=1S/C31H35F6N3O2/c1-19-4-2-3-5-25(19)27-18-39(28(41)21-8-11-38-12-9-21)13-10-26(27)29(42)40(24-6-7-24)17-20-14-22(30(32,33)34)16-23(15-20)31(35,36)37/h2-5,14-16,21,24,26-27,38H,6-13,17-18H2,1H3. The third-order valence-corrected chi connectivity index (χ3v) is 8.79. The second kappa shape index (κ2) is 11.9. The number of aryl methyl sites for hydroxylation is 1. The Morgan fingerprint density at radius 2 is 1.52 bits per heavy atom. The van der Waals surface area contributed by atoms with Crippen LogP contribution in [-0.4, -0.2) is 53.8 Å². The number of amides is 2. The van der Waals surface area contributed by atoms with E-state index in [-0.39, 0.29) is 47.9 Å². The summed E-state index contributed by atoms with van der Waals surface area (Å²) in [5, 5.41) is 3.26. The van der Waals surface area contributed by atoms with Gasteiger partial charge in [-0.3, -0.25) is 9.59 Å². The highest BCUT2D eigenvalue weighted by Crippen LogP contribution is 2.41. The predicted octanol–water partition coefficient (Wildman–Crippen LogP) is 6.16. The van der Waals surface area contributed by atoms with Crippen molar-refractivity contribution in [2.75, 3.05) is 26.2 Å². The Hall–Kier alpha value is -3.08. The zero-order valence-corrected chi connectivity index (χ0v) is 23.4. The second-order valence-electron chi connectivity index (χ2n) is 11.8. The molecule has 1 aliphatic carbocycles. The summed E-state index contributed by atoms with van der Waals surface area (Å²) in [5.74, 6) is -1.19. The largest absolute Gasteiger partial charge is 0.416 e. The van der Waals surface area contributed by atoms with Crippen LogP contribution >= 0.6 is 0 Å². The number of hydrogen-bond donors (Lipinski definition) is 1. The third kappa shape index (κ3) is 6.76. The first-order valence-corrected chi connectivity index (χ1v) is 14.5. The van der Waals surface area contributed by atoms with Crippen LogP contribution in [0, 0.1) is 18.8 Å². The maximum atomic E-state index is 14.2. The summed E-state index contributed by atoms with van der Waals surface area (Å²) < 4.78 is 81.1. The molecule has 228 valence electrons. The maximum absolute atomic E-state index is 14.2. The zero-order valence-electron chi connectivity index (χ0n) is 23.4. The molecule has 5 rings (SSSR count). The van der Waals surface area contributed by atoms with Gasteiger partial charge in [0.1, 0.15) is 0 Å². The molecule has 2 aliphatic heterocycles. The topological polar surface area (TPSA) is 52.7 Å². The molecule has 0 radical (unpaired) electrons. The number of benzene rings is 2. The molecule has 1 saturated carbocycles. The van der Waals surface area contributed by atoms with Gasteiger partial charge in [-0.1, -0.05) is 24.3 Å². The van der Waals surface area contributed by atoms with Crippen molar-refractivity contribution in [2.24, 2.45) is 11.8 Å². The number of rotatable bonds is 6. The van der Waals surface area contributed by atoms with E-state index in [4.69, 9.17) is 0 Å². The monoisotopic (exact) mass is 595 g/mol. The van der Waals surface area contributed by atoms with E-state index in [1.807, 2.05) is 36.1 Å². The normalized spacial score (nSPS) is 22.2. The van der Waals surface area contributed by atoms with Gasteiger partial charge in [-0.15, -0.1) is 0 Å². The van der Waals surface area contributed by atoms with Crippen LogP contribution in [0.2, 0.25) is 0 Å². The molecule has 5 nitrogen and oxygen atoms in total. The van der Waals surface area contributed by atoms with Crippen molar-refractivity contribution < 1.29 is 35.9 Å². The molecule has 0 aromatic heterocycles. The van der Waals surface area contributed by atoms with Crippen LogP contribution < -0.4 is 5.32 Å². The fraction of sp³-hybridized carbons (Fsp3) is 0.548. The third-order valence-electron chi connectivity index (χ3n) is 8.79. The van der Waals surface area contributed by atoms with Gasteiger partial charge < -0.3 is 15.1 Å². The zero-order chi connectivity index (χ0) is 30.2. The molecule has 2 unspecified atom stereocenters. The van der Waals surface area contributed by atoms with E-state index >= 15 is 0 Å². The molecule has 2 aromatic rings. The summed E-state index contributed by atoms with van der Waals surface area (Å²) in [6.07, 6.45) is -6.79. The van der Waals surface area contributed by atoms with E-state index in [0.717, 1.165) is 37.1 Å². The highest BCUT2D eigenvalue weighted by atomic mass is 19.4. The summed E-state index contributed by atoms with van der Waals surface area (Å²) in [4.78, 5) is 30.9. The van der Waals surface area contributed by atoms with Gasteiger partial charge in [-0.25, -0.2) is 0 Å². The van der Waals surface area contributed by atoms with Crippen LogP contribution in [-0.2, 0) is 28.5 Å². The summed E-state index contributed by atoms with van der Waals surface area (Å²) >= 11 is 0. The highest BCUT2D eigenvalue weighted by Gasteiger charge is 2.44. The Morgan fingerprint density at radius 3 is 2.10 bits per heavy atom. The van der Waals surface area contributed by atoms with E-state index in [2.05, 4.69) is 5.32 Å². The van der Waals surface area contributed by atoms with Crippen LogP contribution in [0.1, 0.15) is 65.8 Å². The second-order valence-corrected chi connectivity index (χ2v) is 11.8. The average molecular weight is 596 g/mol. The van der Waals surface area contributed by atoms with Gasteiger partial charge in [0.15, 0.2) is 0 Å². The van der Waals surface area contributed by atoms with Crippen molar-refractivity contribution in [1.82, 2.24) is 15.1 Å². The van der Waals surface area contributed by atoms with E-state index in [1.54, 1.807) is 0 Å². The number of alkyl halides is 6. The molecule has 3 fully saturated rings. The molecular weight excluding hydrogens is 560 g/mol. The van der Waals surface area contributed by atoms with Crippen LogP contribution in [0.15, 0.2) is 42.5 Å². The van der Waals surface area contributed by atoms with Gasteiger partial charge in [0.2, 0.25) is 11.8 Å². The molecule has 1 N–H and O–H groups in total. The summed E-state index contributed by atoms with van der Waals surface area (Å²) in [6.45, 7) is 3.85. The summed E-state index contributed by atoms with van der Waals surface area (Å²) in [6, 6.07) is 8.90. The first kappa shape index (κ1) is 30.4.